The van der Waals surface area contributed by atoms with Crippen molar-refractivity contribution in [2.24, 2.45) is 0 Å². The first kappa shape index (κ1) is 18.2. The minimum Gasteiger partial charge on any atom is -0.444 e. The number of piperidine rings is 2. The van der Waals surface area contributed by atoms with Gasteiger partial charge in [0, 0.05) is 36.5 Å². The fourth-order valence-electron chi connectivity index (χ4n) is 4.77. The number of aromatic nitrogens is 1. The van der Waals surface area contributed by atoms with Crippen LogP contribution in [0.3, 0.4) is 0 Å². The van der Waals surface area contributed by atoms with Crippen LogP contribution in [0.4, 0.5) is 4.79 Å². The van der Waals surface area contributed by atoms with Gasteiger partial charge in [0.05, 0.1) is 11.1 Å². The minimum atomic E-state index is -0.948. The molecule has 5 heteroatoms. The average Bonchev–Trinajstić information content (AvgIpc) is 2.59. The van der Waals surface area contributed by atoms with Crippen molar-refractivity contribution in [2.75, 3.05) is 0 Å². The summed E-state index contributed by atoms with van der Waals surface area (Å²) in [5.74, 6) is 0. The van der Waals surface area contributed by atoms with Crippen LogP contribution >= 0.6 is 0 Å². The van der Waals surface area contributed by atoms with Gasteiger partial charge in [-0.25, -0.2) is 4.79 Å². The predicted molar refractivity (Wildman–Crippen MR) is 104 cm³/mol. The molecular formula is C22H28N2O3. The summed E-state index contributed by atoms with van der Waals surface area (Å²) in [5.41, 5.74) is 0.356. The third kappa shape index (κ3) is 3.41. The van der Waals surface area contributed by atoms with Gasteiger partial charge in [0.2, 0.25) is 0 Å². The van der Waals surface area contributed by atoms with Gasteiger partial charge in [-0.2, -0.15) is 0 Å². The SMILES string of the molecule is CC(C)(C)OC(=O)N1C2CCCC1CC(O)(c1cccc3ncccc13)C2. The van der Waals surface area contributed by atoms with Crippen molar-refractivity contribution in [2.45, 2.75) is 76.2 Å². The van der Waals surface area contributed by atoms with E-state index in [1.807, 2.05) is 56.0 Å². The first-order valence-corrected chi connectivity index (χ1v) is 9.85. The summed E-state index contributed by atoms with van der Waals surface area (Å²) < 4.78 is 5.65. The van der Waals surface area contributed by atoms with Crippen LogP contribution in [-0.2, 0) is 10.3 Å². The Balaban J connectivity index is 1.67. The van der Waals surface area contributed by atoms with Crippen LogP contribution in [0.1, 0.15) is 58.4 Å². The second-order valence-electron chi connectivity index (χ2n) is 8.94. The Morgan fingerprint density at radius 1 is 1.19 bits per heavy atom. The molecule has 2 atom stereocenters. The lowest BCUT2D eigenvalue weighted by Gasteiger charge is -2.52. The van der Waals surface area contributed by atoms with Crippen molar-refractivity contribution >= 4 is 17.0 Å². The van der Waals surface area contributed by atoms with E-state index in [4.69, 9.17) is 4.74 Å². The van der Waals surface area contributed by atoms with Gasteiger partial charge in [-0.05, 0) is 57.7 Å². The number of hydrogen-bond donors (Lipinski definition) is 1. The zero-order valence-electron chi connectivity index (χ0n) is 16.3. The van der Waals surface area contributed by atoms with Gasteiger partial charge < -0.3 is 14.7 Å². The monoisotopic (exact) mass is 368 g/mol. The average molecular weight is 368 g/mol. The molecule has 2 aromatic rings. The molecule has 4 rings (SSSR count). The molecule has 0 radical (unpaired) electrons. The molecule has 2 bridgehead atoms. The molecule has 2 saturated heterocycles. The molecule has 0 saturated carbocycles. The molecule has 144 valence electrons. The molecule has 1 aromatic heterocycles. The molecular weight excluding hydrogens is 340 g/mol. The second-order valence-corrected chi connectivity index (χ2v) is 8.94. The maximum Gasteiger partial charge on any atom is 0.410 e. The third-order valence-electron chi connectivity index (χ3n) is 5.76. The van der Waals surface area contributed by atoms with Gasteiger partial charge in [0.25, 0.3) is 0 Å². The molecule has 2 aliphatic heterocycles. The highest BCUT2D eigenvalue weighted by Gasteiger charge is 2.49. The van der Waals surface area contributed by atoms with Crippen LogP contribution in [-0.4, -0.2) is 38.8 Å². The van der Waals surface area contributed by atoms with Crippen LogP contribution in [0.25, 0.3) is 10.9 Å². The van der Waals surface area contributed by atoms with E-state index in [9.17, 15) is 9.90 Å². The Morgan fingerprint density at radius 2 is 1.89 bits per heavy atom. The van der Waals surface area contributed by atoms with Crippen LogP contribution < -0.4 is 0 Å². The molecule has 2 aliphatic rings. The summed E-state index contributed by atoms with van der Waals surface area (Å²) >= 11 is 0. The van der Waals surface area contributed by atoms with Gasteiger partial charge in [0.15, 0.2) is 0 Å². The Kier molecular flexibility index (Phi) is 4.38. The van der Waals surface area contributed by atoms with Crippen LogP contribution in [0, 0.1) is 0 Å². The number of aliphatic hydroxyl groups is 1. The highest BCUT2D eigenvalue weighted by molar-refractivity contribution is 5.83. The van der Waals surface area contributed by atoms with Gasteiger partial charge >= 0.3 is 6.09 Å². The molecule has 5 nitrogen and oxygen atoms in total. The molecule has 0 spiro atoms. The van der Waals surface area contributed by atoms with Gasteiger partial charge in [0.1, 0.15) is 5.60 Å². The minimum absolute atomic E-state index is 0.00396. The Labute approximate surface area is 160 Å². The summed E-state index contributed by atoms with van der Waals surface area (Å²) in [6.07, 6.45) is 5.49. The van der Waals surface area contributed by atoms with E-state index in [-0.39, 0.29) is 18.2 Å². The molecule has 27 heavy (non-hydrogen) atoms. The number of amides is 1. The van der Waals surface area contributed by atoms with E-state index in [1.165, 1.54) is 0 Å². The second kappa shape index (κ2) is 6.48. The number of rotatable bonds is 1. The van der Waals surface area contributed by atoms with Gasteiger partial charge in [-0.15, -0.1) is 0 Å². The zero-order chi connectivity index (χ0) is 19.2. The first-order valence-electron chi connectivity index (χ1n) is 9.85. The Morgan fingerprint density at radius 3 is 2.56 bits per heavy atom. The highest BCUT2D eigenvalue weighted by atomic mass is 16.6. The first-order chi connectivity index (χ1) is 12.8. The van der Waals surface area contributed by atoms with Crippen molar-refractivity contribution in [1.29, 1.82) is 0 Å². The largest absolute Gasteiger partial charge is 0.444 e. The molecule has 3 heterocycles. The molecule has 1 N–H and O–H groups in total. The number of nitrogens with zero attached hydrogens (tertiary/aromatic N) is 2. The van der Waals surface area contributed by atoms with E-state index < -0.39 is 11.2 Å². The fourth-order valence-corrected chi connectivity index (χ4v) is 4.77. The van der Waals surface area contributed by atoms with E-state index in [0.29, 0.717) is 12.8 Å². The number of ether oxygens (including phenoxy) is 1. The van der Waals surface area contributed by atoms with E-state index >= 15 is 0 Å². The van der Waals surface area contributed by atoms with Crippen molar-refractivity contribution in [3.63, 3.8) is 0 Å². The normalized spacial score (nSPS) is 28.2. The topological polar surface area (TPSA) is 62.7 Å². The van der Waals surface area contributed by atoms with Crippen molar-refractivity contribution in [3.05, 3.63) is 42.1 Å². The van der Waals surface area contributed by atoms with Crippen LogP contribution in [0.2, 0.25) is 0 Å². The van der Waals surface area contributed by atoms with E-state index in [0.717, 1.165) is 35.7 Å². The van der Waals surface area contributed by atoms with Gasteiger partial charge in [-0.1, -0.05) is 18.2 Å². The number of carbonyl (C=O) groups excluding carboxylic acids is 1. The summed E-state index contributed by atoms with van der Waals surface area (Å²) in [4.78, 5) is 19.1. The zero-order valence-corrected chi connectivity index (χ0v) is 16.3. The third-order valence-corrected chi connectivity index (χ3v) is 5.76. The molecule has 0 aliphatic carbocycles. The summed E-state index contributed by atoms with van der Waals surface area (Å²) in [6.45, 7) is 5.68. The Hall–Kier alpha value is -2.14. The van der Waals surface area contributed by atoms with Crippen LogP contribution in [0.15, 0.2) is 36.5 Å². The lowest BCUT2D eigenvalue weighted by Crippen LogP contribution is -2.59. The molecule has 1 aromatic carbocycles. The number of hydrogen-bond acceptors (Lipinski definition) is 4. The van der Waals surface area contributed by atoms with Gasteiger partial charge in [-0.3, -0.25) is 4.98 Å². The molecule has 1 amide bonds. The predicted octanol–water partition coefficient (Wildman–Crippen LogP) is 4.37. The smallest absolute Gasteiger partial charge is 0.410 e. The Bertz CT molecular complexity index is 839. The molecule has 2 fully saturated rings. The standard InChI is InChI=1S/C22H28N2O3/c1-21(2,3)27-20(25)24-15-7-4-8-16(24)14-22(26,13-15)18-10-5-11-19-17(18)9-6-12-23-19/h5-6,9-12,15-16,26H,4,7-8,13-14H2,1-3H3. The van der Waals surface area contributed by atoms with Crippen LogP contribution in [0.5, 0.6) is 0 Å². The number of fused-ring (bicyclic) bond motifs is 3. The quantitative estimate of drug-likeness (QED) is 0.812. The lowest BCUT2D eigenvalue weighted by atomic mass is 9.72. The van der Waals surface area contributed by atoms with Crippen molar-refractivity contribution in [1.82, 2.24) is 9.88 Å². The molecule has 2 unspecified atom stereocenters. The summed E-state index contributed by atoms with van der Waals surface area (Å²) in [5, 5.41) is 12.7. The maximum absolute atomic E-state index is 12.8. The van der Waals surface area contributed by atoms with E-state index in [2.05, 4.69) is 4.98 Å². The van der Waals surface area contributed by atoms with Crippen molar-refractivity contribution < 1.29 is 14.6 Å². The fraction of sp³-hybridized carbons (Fsp3) is 0.545. The number of pyridine rings is 1. The lowest BCUT2D eigenvalue weighted by molar-refractivity contribution is -0.0958. The highest BCUT2D eigenvalue weighted by Crippen LogP contribution is 2.46. The van der Waals surface area contributed by atoms with E-state index in [1.54, 1.807) is 6.20 Å². The number of carbonyl (C=O) groups is 1. The summed E-state index contributed by atoms with van der Waals surface area (Å²) in [6, 6.07) is 9.87. The number of benzene rings is 1. The summed E-state index contributed by atoms with van der Waals surface area (Å²) in [7, 11) is 0. The van der Waals surface area contributed by atoms with Crippen molar-refractivity contribution in [3.8, 4) is 0 Å². The maximum atomic E-state index is 12.8.